The van der Waals surface area contributed by atoms with E-state index in [0.29, 0.717) is 0 Å². The number of hydrogen-bond acceptors (Lipinski definition) is 11. The number of aliphatic hydroxyl groups excluding tert-OH is 1. The Bertz CT molecular complexity index is 1210. The van der Waals surface area contributed by atoms with Crippen LogP contribution >= 0.6 is 23.5 Å². The van der Waals surface area contributed by atoms with Crippen molar-refractivity contribution >= 4 is 34.8 Å². The van der Waals surface area contributed by atoms with Crippen LogP contribution in [0.1, 0.15) is 18.7 Å². The fraction of sp³-hybridized carbons (Fsp3) is 0.500. The highest BCUT2D eigenvalue weighted by Gasteiger charge is 2.55. The molecule has 1 aliphatic heterocycles. The molecule has 3 heterocycles. The maximum absolute atomic E-state index is 14.9. The molecule has 1 saturated heterocycles. The molecule has 0 amide bonds. The first-order chi connectivity index (χ1) is 14.9. The molecule has 6 atom stereocenters. The van der Waals surface area contributed by atoms with Crippen molar-refractivity contribution in [3.8, 4) is 0 Å². The van der Waals surface area contributed by atoms with E-state index in [9.17, 15) is 32.5 Å². The molecule has 0 bridgehead atoms. The fourth-order valence-electron chi connectivity index (χ4n) is 3.03. The van der Waals surface area contributed by atoms with Crippen molar-refractivity contribution in [1.82, 2.24) is 14.6 Å². The summed E-state index contributed by atoms with van der Waals surface area (Å²) < 4.78 is 80.9. The molecule has 0 spiro atoms. The molecule has 0 radical (unpaired) electrons. The lowest BCUT2D eigenvalue weighted by molar-refractivity contribution is -0.0983. The van der Waals surface area contributed by atoms with Crippen molar-refractivity contribution in [2.45, 2.75) is 30.9 Å². The highest BCUT2D eigenvalue weighted by Crippen LogP contribution is 2.66. The van der Waals surface area contributed by atoms with Crippen LogP contribution < -0.4 is 5.73 Å². The van der Waals surface area contributed by atoms with Crippen LogP contribution in [-0.4, -0.2) is 63.8 Å². The first-order valence-corrected chi connectivity index (χ1v) is 13.0. The predicted molar refractivity (Wildman–Crippen MR) is 100 cm³/mol. The Kier molecular flexibility index (Phi) is 6.90. The van der Waals surface area contributed by atoms with Crippen LogP contribution in [0, 0.1) is 5.82 Å². The number of hydrogen-bond donors (Lipinski definition) is 6. The van der Waals surface area contributed by atoms with E-state index in [0.717, 1.165) is 23.8 Å². The van der Waals surface area contributed by atoms with Gasteiger partial charge in [0, 0.05) is 6.07 Å². The summed E-state index contributed by atoms with van der Waals surface area (Å²) in [6, 6.07) is 0.832. The molecule has 1 aliphatic rings. The van der Waals surface area contributed by atoms with E-state index in [1.165, 1.54) is 0 Å². The number of alkyl halides is 1. The lowest BCUT2D eigenvalue weighted by Gasteiger charge is -2.28. The van der Waals surface area contributed by atoms with Gasteiger partial charge in [0.15, 0.2) is 17.8 Å². The lowest BCUT2D eigenvalue weighted by atomic mass is 9.98. The van der Waals surface area contributed by atoms with E-state index in [-0.39, 0.29) is 17.0 Å². The van der Waals surface area contributed by atoms with Crippen LogP contribution in [0.2, 0.25) is 0 Å². The number of ether oxygens (including phenoxy) is 1. The van der Waals surface area contributed by atoms with Gasteiger partial charge < -0.3 is 35.2 Å². The molecule has 2 unspecified atom stereocenters. The summed E-state index contributed by atoms with van der Waals surface area (Å²) in [5.41, 5.74) is 2.95. The van der Waals surface area contributed by atoms with E-state index >= 15 is 0 Å². The molecule has 1 fully saturated rings. The zero-order chi connectivity index (χ0) is 25.0. The van der Waals surface area contributed by atoms with Gasteiger partial charge in [0.25, 0.3) is 0 Å². The standard InChI is InChI=1S/C12H17F2N4O12P3/c1-12(3-27-32(23,24)30-33(25,26)29-31(20,21)22)10(19)7(14)9(28-12)6-2-5(13)8-11(15)16-4-17-18(6)8/h2,4,7,9-10,19H,3H2,1H3,(H,23,24)(H,25,26)(H2,15,16,17)(H2,20,21,22)/t7-,9-,10-,12+/m0/s1. The fourth-order valence-corrected chi connectivity index (χ4v) is 6.15. The molecular weight excluding hydrogens is 523 g/mol. The number of anilines is 1. The van der Waals surface area contributed by atoms with Crippen molar-refractivity contribution in [2.75, 3.05) is 12.3 Å². The topological polar surface area (TPSA) is 245 Å². The third kappa shape index (κ3) is 5.65. The molecule has 7 N–H and O–H groups in total. The molecule has 16 nitrogen and oxygen atoms in total. The minimum absolute atomic E-state index is 0.231. The van der Waals surface area contributed by atoms with Gasteiger partial charge in [-0.05, 0) is 6.92 Å². The van der Waals surface area contributed by atoms with Crippen molar-refractivity contribution < 1.29 is 65.0 Å². The normalized spacial score (nSPS) is 29.8. The summed E-state index contributed by atoms with van der Waals surface area (Å²) in [4.78, 5) is 39.4. The third-order valence-electron chi connectivity index (χ3n) is 4.40. The summed E-state index contributed by atoms with van der Waals surface area (Å²) >= 11 is 0. The van der Waals surface area contributed by atoms with E-state index in [4.69, 9.17) is 25.2 Å². The van der Waals surface area contributed by atoms with E-state index in [1.54, 1.807) is 0 Å². The van der Waals surface area contributed by atoms with Crippen molar-refractivity contribution in [1.29, 1.82) is 0 Å². The van der Waals surface area contributed by atoms with Gasteiger partial charge >= 0.3 is 23.5 Å². The quantitative estimate of drug-likeness (QED) is 0.247. The number of phosphoric acid groups is 3. The molecule has 3 rings (SSSR count). The summed E-state index contributed by atoms with van der Waals surface area (Å²) in [5.74, 6) is -1.19. The highest BCUT2D eigenvalue weighted by atomic mass is 31.3. The molecular formula is C12H17F2N4O12P3. The second-order valence-electron chi connectivity index (χ2n) is 6.93. The number of halogens is 2. The molecule has 21 heteroatoms. The van der Waals surface area contributed by atoms with Gasteiger partial charge in [-0.2, -0.15) is 13.7 Å². The predicted octanol–water partition coefficient (Wildman–Crippen LogP) is 0.323. The van der Waals surface area contributed by atoms with Crippen molar-refractivity contribution in [3.05, 3.63) is 23.9 Å². The Morgan fingerprint density at radius 2 is 1.88 bits per heavy atom. The Morgan fingerprint density at radius 1 is 1.24 bits per heavy atom. The summed E-state index contributed by atoms with van der Waals surface area (Å²) in [6.07, 6.45) is -5.00. The third-order valence-corrected chi connectivity index (χ3v) is 8.18. The molecule has 0 aromatic carbocycles. The molecule has 2 aromatic heterocycles. The molecule has 33 heavy (non-hydrogen) atoms. The second kappa shape index (κ2) is 8.68. The Morgan fingerprint density at radius 3 is 2.48 bits per heavy atom. The van der Waals surface area contributed by atoms with E-state index in [1.807, 2.05) is 0 Å². The van der Waals surface area contributed by atoms with Crippen LogP contribution in [0.15, 0.2) is 12.4 Å². The lowest BCUT2D eigenvalue weighted by Crippen LogP contribution is -2.43. The monoisotopic (exact) mass is 540 g/mol. The first-order valence-electron chi connectivity index (χ1n) is 8.51. The van der Waals surface area contributed by atoms with Crippen LogP contribution in [0.5, 0.6) is 0 Å². The summed E-state index contributed by atoms with van der Waals surface area (Å²) in [5, 5.41) is 14.0. The van der Waals surface area contributed by atoms with Crippen molar-refractivity contribution in [3.63, 3.8) is 0 Å². The van der Waals surface area contributed by atoms with Crippen molar-refractivity contribution in [2.24, 2.45) is 0 Å². The summed E-state index contributed by atoms with van der Waals surface area (Å²) in [6.45, 7) is -0.109. The number of nitrogens with two attached hydrogens (primary N) is 1. The highest BCUT2D eigenvalue weighted by molar-refractivity contribution is 7.66. The number of aromatic nitrogens is 3. The van der Waals surface area contributed by atoms with Gasteiger partial charge in [-0.1, -0.05) is 0 Å². The zero-order valence-corrected chi connectivity index (χ0v) is 18.9. The maximum atomic E-state index is 14.9. The summed E-state index contributed by atoms with van der Waals surface area (Å²) in [7, 11) is -17.0. The van der Waals surface area contributed by atoms with E-state index in [2.05, 4.69) is 23.2 Å². The molecule has 2 aromatic rings. The van der Waals surface area contributed by atoms with Crippen LogP contribution in [0.25, 0.3) is 5.52 Å². The minimum atomic E-state index is -5.79. The van der Waals surface area contributed by atoms with Gasteiger partial charge in [0.1, 0.15) is 29.7 Å². The molecule has 186 valence electrons. The van der Waals surface area contributed by atoms with Crippen LogP contribution in [-0.2, 0) is 31.6 Å². The first kappa shape index (κ1) is 26.2. The molecule has 0 saturated carbocycles. The van der Waals surface area contributed by atoms with Gasteiger partial charge in [0.2, 0.25) is 0 Å². The van der Waals surface area contributed by atoms with E-state index < -0.39 is 59.9 Å². The average Bonchev–Trinajstić information content (AvgIpc) is 3.08. The minimum Gasteiger partial charge on any atom is -0.387 e. The van der Waals surface area contributed by atoms with Gasteiger partial charge in [-0.3, -0.25) is 4.52 Å². The largest absolute Gasteiger partial charge is 0.490 e. The second-order valence-corrected chi connectivity index (χ2v) is 11.3. The van der Waals surface area contributed by atoms with Gasteiger partial charge in [-0.15, -0.1) is 0 Å². The van der Waals surface area contributed by atoms with Gasteiger partial charge in [-0.25, -0.2) is 32.0 Å². The maximum Gasteiger partial charge on any atom is 0.490 e. The number of fused-ring (bicyclic) bond motifs is 1. The van der Waals surface area contributed by atoms with Gasteiger partial charge in [0.05, 0.1) is 12.3 Å². The Hall–Kier alpha value is -1.39. The molecule has 0 aliphatic carbocycles. The zero-order valence-electron chi connectivity index (χ0n) is 16.2. The number of nitrogen functional groups attached to an aromatic ring is 1. The number of phosphoric ester groups is 1. The number of aliphatic hydroxyl groups is 1. The number of rotatable bonds is 8. The smallest absolute Gasteiger partial charge is 0.387 e. The SMILES string of the molecule is C[C@]1(COP(=O)(O)OP(=O)(O)OP(=O)(O)O)O[C@@H](c2cc(F)c3c(N)ncnn23)[C@H](F)[C@@H]1O. The Balaban J connectivity index is 1.79. The number of nitrogens with zero attached hydrogens (tertiary/aromatic N) is 3. The van der Waals surface area contributed by atoms with Crippen LogP contribution in [0.4, 0.5) is 14.6 Å². The Labute approximate surface area is 182 Å². The average molecular weight is 540 g/mol. The van der Waals surface area contributed by atoms with Crippen LogP contribution in [0.3, 0.4) is 0 Å².